The van der Waals surface area contributed by atoms with Gasteiger partial charge in [0.1, 0.15) is 0 Å². The fourth-order valence-electron chi connectivity index (χ4n) is 3.69. The first-order valence-electron chi connectivity index (χ1n) is 8.00. The van der Waals surface area contributed by atoms with E-state index in [9.17, 15) is 4.79 Å². The molecule has 1 amide bonds. The third kappa shape index (κ3) is 2.53. The van der Waals surface area contributed by atoms with E-state index in [1.54, 1.807) is 18.2 Å². The summed E-state index contributed by atoms with van der Waals surface area (Å²) < 4.78 is 10.6. The van der Waals surface area contributed by atoms with Crippen LogP contribution in [0.5, 0.6) is 11.5 Å². The van der Waals surface area contributed by atoms with Gasteiger partial charge in [0.2, 0.25) is 6.79 Å². The molecule has 2 aliphatic heterocycles. The van der Waals surface area contributed by atoms with Gasteiger partial charge in [-0.25, -0.2) is 0 Å². The first-order chi connectivity index (χ1) is 10.8. The first kappa shape index (κ1) is 13.8. The normalized spacial score (nSPS) is 29.2. The molecule has 22 heavy (non-hydrogen) atoms. The molecule has 6 nitrogen and oxygen atoms in total. The number of benzene rings is 1. The maximum Gasteiger partial charge on any atom is 0.251 e. The van der Waals surface area contributed by atoms with Crippen molar-refractivity contribution in [1.82, 2.24) is 16.2 Å². The van der Waals surface area contributed by atoms with Gasteiger partial charge in [0.15, 0.2) is 11.5 Å². The summed E-state index contributed by atoms with van der Waals surface area (Å²) >= 11 is 0. The Labute approximate surface area is 129 Å². The second-order valence-electron chi connectivity index (χ2n) is 6.23. The Morgan fingerprint density at radius 2 is 2.05 bits per heavy atom. The number of carbonyl (C=O) groups is 1. The van der Waals surface area contributed by atoms with Crippen molar-refractivity contribution in [2.45, 2.75) is 37.8 Å². The summed E-state index contributed by atoms with van der Waals surface area (Å²) in [6.45, 7) is 0.864. The molecule has 1 saturated carbocycles. The van der Waals surface area contributed by atoms with Crippen molar-refractivity contribution in [2.24, 2.45) is 5.92 Å². The van der Waals surface area contributed by atoms with Gasteiger partial charge in [-0.15, -0.1) is 0 Å². The molecule has 1 aliphatic carbocycles. The van der Waals surface area contributed by atoms with E-state index < -0.39 is 0 Å². The van der Waals surface area contributed by atoms with E-state index in [1.807, 2.05) is 0 Å². The third-order valence-corrected chi connectivity index (χ3v) is 4.91. The molecule has 3 unspecified atom stereocenters. The van der Waals surface area contributed by atoms with Gasteiger partial charge in [-0.3, -0.25) is 15.6 Å². The molecule has 1 saturated heterocycles. The number of hydrazine groups is 1. The van der Waals surface area contributed by atoms with Gasteiger partial charge in [-0.1, -0.05) is 12.8 Å². The molecule has 0 radical (unpaired) electrons. The molecule has 3 N–H and O–H groups in total. The van der Waals surface area contributed by atoms with Crippen LogP contribution in [0, 0.1) is 5.92 Å². The Hall–Kier alpha value is -1.79. The van der Waals surface area contributed by atoms with E-state index in [-0.39, 0.29) is 12.7 Å². The van der Waals surface area contributed by atoms with E-state index in [1.165, 1.54) is 25.7 Å². The second-order valence-corrected chi connectivity index (χ2v) is 6.23. The number of amides is 1. The lowest BCUT2D eigenvalue weighted by Gasteiger charge is -2.27. The Balaban J connectivity index is 1.36. The maximum absolute atomic E-state index is 12.3. The van der Waals surface area contributed by atoms with Crippen LogP contribution in [-0.2, 0) is 0 Å². The van der Waals surface area contributed by atoms with Gasteiger partial charge < -0.3 is 14.8 Å². The van der Waals surface area contributed by atoms with Crippen LogP contribution in [0.25, 0.3) is 0 Å². The molecule has 0 spiro atoms. The van der Waals surface area contributed by atoms with Gasteiger partial charge in [0.25, 0.3) is 5.91 Å². The lowest BCUT2D eigenvalue weighted by Crippen LogP contribution is -2.42. The summed E-state index contributed by atoms with van der Waals surface area (Å²) in [5.74, 6) is 1.88. The Bertz CT molecular complexity index is 578. The van der Waals surface area contributed by atoms with Crippen LogP contribution >= 0.6 is 0 Å². The predicted octanol–water partition coefficient (Wildman–Crippen LogP) is 1.18. The van der Waals surface area contributed by atoms with E-state index in [0.29, 0.717) is 41.6 Å². The van der Waals surface area contributed by atoms with Crippen LogP contribution in [0.15, 0.2) is 18.2 Å². The van der Waals surface area contributed by atoms with E-state index in [0.717, 1.165) is 0 Å². The minimum absolute atomic E-state index is 0.0700. The lowest BCUT2D eigenvalue weighted by molar-refractivity contribution is 0.0946. The summed E-state index contributed by atoms with van der Waals surface area (Å²) in [5.41, 5.74) is 7.31. The highest BCUT2D eigenvalue weighted by molar-refractivity contribution is 5.94. The number of rotatable bonds is 3. The van der Waals surface area contributed by atoms with Crippen molar-refractivity contribution in [3.8, 4) is 11.5 Å². The highest BCUT2D eigenvalue weighted by Gasteiger charge is 2.37. The van der Waals surface area contributed by atoms with Crippen molar-refractivity contribution in [3.05, 3.63) is 23.8 Å². The van der Waals surface area contributed by atoms with Gasteiger partial charge in [0.05, 0.1) is 0 Å². The molecule has 3 atom stereocenters. The number of fused-ring (bicyclic) bond motifs is 2. The Morgan fingerprint density at radius 1 is 1.18 bits per heavy atom. The highest BCUT2D eigenvalue weighted by Crippen LogP contribution is 2.32. The van der Waals surface area contributed by atoms with Crippen LogP contribution in [-0.4, -0.2) is 31.3 Å². The first-order valence-corrected chi connectivity index (χ1v) is 8.00. The zero-order valence-corrected chi connectivity index (χ0v) is 12.4. The zero-order valence-electron chi connectivity index (χ0n) is 12.4. The van der Waals surface area contributed by atoms with E-state index >= 15 is 0 Å². The molecular formula is C16H21N3O3. The van der Waals surface area contributed by atoms with Gasteiger partial charge in [-0.05, 0) is 37.0 Å². The molecular weight excluding hydrogens is 282 g/mol. The number of hydrogen-bond acceptors (Lipinski definition) is 5. The van der Waals surface area contributed by atoms with Crippen molar-refractivity contribution in [3.63, 3.8) is 0 Å². The predicted molar refractivity (Wildman–Crippen MR) is 80.7 cm³/mol. The van der Waals surface area contributed by atoms with Crippen molar-refractivity contribution >= 4 is 5.91 Å². The number of ether oxygens (including phenoxy) is 2. The number of hydrogen-bond donors (Lipinski definition) is 3. The SMILES string of the molecule is O=C(NCC1NNC2CCCCC21)c1ccc2c(c1)OCO2. The van der Waals surface area contributed by atoms with Crippen molar-refractivity contribution in [1.29, 1.82) is 0 Å². The largest absolute Gasteiger partial charge is 0.454 e. The number of carbonyl (C=O) groups excluding carboxylic acids is 1. The van der Waals surface area contributed by atoms with Crippen LogP contribution in [0.3, 0.4) is 0 Å². The van der Waals surface area contributed by atoms with E-state index in [2.05, 4.69) is 16.2 Å². The lowest BCUT2D eigenvalue weighted by atomic mass is 9.82. The second kappa shape index (κ2) is 5.78. The summed E-state index contributed by atoms with van der Waals surface area (Å²) in [4.78, 5) is 12.3. The minimum Gasteiger partial charge on any atom is -0.454 e. The molecule has 0 bridgehead atoms. The van der Waals surface area contributed by atoms with Crippen molar-refractivity contribution in [2.75, 3.05) is 13.3 Å². The fourth-order valence-corrected chi connectivity index (χ4v) is 3.69. The van der Waals surface area contributed by atoms with Crippen LogP contribution in [0.1, 0.15) is 36.0 Å². The van der Waals surface area contributed by atoms with Gasteiger partial charge in [-0.2, -0.15) is 0 Å². The average Bonchev–Trinajstić information content (AvgIpc) is 3.18. The quantitative estimate of drug-likeness (QED) is 0.782. The van der Waals surface area contributed by atoms with Crippen LogP contribution in [0.4, 0.5) is 0 Å². The number of nitrogens with one attached hydrogen (secondary N) is 3. The maximum atomic E-state index is 12.3. The van der Waals surface area contributed by atoms with E-state index in [4.69, 9.17) is 9.47 Å². The van der Waals surface area contributed by atoms with Gasteiger partial charge in [0, 0.05) is 24.2 Å². The zero-order chi connectivity index (χ0) is 14.9. The average molecular weight is 303 g/mol. The molecule has 6 heteroatoms. The third-order valence-electron chi connectivity index (χ3n) is 4.91. The van der Waals surface area contributed by atoms with Crippen molar-refractivity contribution < 1.29 is 14.3 Å². The van der Waals surface area contributed by atoms with Crippen LogP contribution < -0.4 is 25.6 Å². The molecule has 3 aliphatic rings. The molecule has 1 aromatic carbocycles. The molecule has 4 rings (SSSR count). The molecule has 0 aromatic heterocycles. The molecule has 118 valence electrons. The summed E-state index contributed by atoms with van der Waals surface area (Å²) in [7, 11) is 0. The van der Waals surface area contributed by atoms with Gasteiger partial charge >= 0.3 is 0 Å². The fraction of sp³-hybridized carbons (Fsp3) is 0.562. The minimum atomic E-state index is -0.0700. The summed E-state index contributed by atoms with van der Waals surface area (Å²) in [6.07, 6.45) is 5.04. The van der Waals surface area contributed by atoms with Crippen LogP contribution in [0.2, 0.25) is 0 Å². The molecule has 2 fully saturated rings. The Kier molecular flexibility index (Phi) is 3.63. The monoisotopic (exact) mass is 303 g/mol. The standard InChI is InChI=1S/C16H21N3O3/c20-16(10-5-6-14-15(7-10)22-9-21-14)17-8-13-11-3-1-2-4-12(11)18-19-13/h5-7,11-13,18-19H,1-4,8-9H2,(H,17,20). The molecule has 2 heterocycles. The highest BCUT2D eigenvalue weighted by atomic mass is 16.7. The summed E-state index contributed by atoms with van der Waals surface area (Å²) in [6, 6.07) is 6.15. The summed E-state index contributed by atoms with van der Waals surface area (Å²) in [5, 5.41) is 3.03. The molecule has 1 aromatic rings. The Morgan fingerprint density at radius 3 is 3.00 bits per heavy atom. The smallest absolute Gasteiger partial charge is 0.251 e. The topological polar surface area (TPSA) is 71.6 Å².